The Balaban J connectivity index is 2.01. The Morgan fingerprint density at radius 3 is 2.52 bits per heavy atom. The van der Waals surface area contributed by atoms with Crippen LogP contribution in [0.5, 0.6) is 0 Å². The van der Waals surface area contributed by atoms with Crippen LogP contribution in [0.3, 0.4) is 0 Å². The fraction of sp³-hybridized carbons (Fsp3) is 0.316. The lowest BCUT2D eigenvalue weighted by atomic mass is 9.85. The second-order valence-corrected chi connectivity index (χ2v) is 6.93. The fourth-order valence-electron chi connectivity index (χ4n) is 3.40. The zero-order valence-corrected chi connectivity index (χ0v) is 13.5. The smallest absolute Gasteiger partial charge is 0.405 e. The quantitative estimate of drug-likeness (QED) is 0.845. The van der Waals surface area contributed by atoms with Gasteiger partial charge in [0.15, 0.2) is 0 Å². The van der Waals surface area contributed by atoms with Crippen molar-refractivity contribution in [3.8, 4) is 11.1 Å². The van der Waals surface area contributed by atoms with Crippen LogP contribution < -0.4 is 5.32 Å². The molecule has 0 fully saturated rings. The van der Waals surface area contributed by atoms with Gasteiger partial charge in [-0.3, -0.25) is 0 Å². The number of fused-ring (bicyclic) bond motifs is 1. The van der Waals surface area contributed by atoms with Gasteiger partial charge in [-0.25, -0.2) is 9.18 Å². The molecular formula is C19H20FNO2. The van der Waals surface area contributed by atoms with Crippen molar-refractivity contribution in [3.05, 3.63) is 58.9 Å². The van der Waals surface area contributed by atoms with Gasteiger partial charge < -0.3 is 10.4 Å². The Bertz CT molecular complexity index is 783. The molecule has 0 saturated carbocycles. The van der Waals surface area contributed by atoms with Gasteiger partial charge in [-0.15, -0.1) is 0 Å². The molecule has 1 aliphatic carbocycles. The molecule has 0 heterocycles. The van der Waals surface area contributed by atoms with E-state index in [1.807, 2.05) is 24.3 Å². The van der Waals surface area contributed by atoms with Crippen molar-refractivity contribution in [2.75, 3.05) is 0 Å². The summed E-state index contributed by atoms with van der Waals surface area (Å²) in [7, 11) is 0. The molecule has 0 aliphatic heterocycles. The molecule has 0 radical (unpaired) electrons. The van der Waals surface area contributed by atoms with E-state index in [1.54, 1.807) is 19.1 Å². The third-order valence-corrected chi connectivity index (χ3v) is 4.65. The van der Waals surface area contributed by atoms with Crippen LogP contribution in [0.2, 0.25) is 0 Å². The first-order valence-electron chi connectivity index (χ1n) is 7.67. The number of halogens is 1. The third kappa shape index (κ3) is 2.81. The summed E-state index contributed by atoms with van der Waals surface area (Å²) in [6.07, 6.45) is -0.226. The Hall–Kier alpha value is -2.36. The van der Waals surface area contributed by atoms with Crippen LogP contribution in [0, 0.1) is 18.2 Å². The van der Waals surface area contributed by atoms with Gasteiger partial charge in [-0.2, -0.15) is 0 Å². The number of aryl methyl sites for hydroxylation is 1. The molecule has 1 atom stereocenters. The van der Waals surface area contributed by atoms with E-state index in [1.165, 1.54) is 0 Å². The van der Waals surface area contributed by atoms with Crippen molar-refractivity contribution in [3.63, 3.8) is 0 Å². The van der Waals surface area contributed by atoms with Crippen LogP contribution in [0.1, 0.15) is 36.6 Å². The maximum absolute atomic E-state index is 13.8. The van der Waals surface area contributed by atoms with Gasteiger partial charge in [-0.1, -0.05) is 44.2 Å². The molecule has 2 aromatic carbocycles. The Morgan fingerprint density at radius 2 is 1.87 bits per heavy atom. The molecule has 1 aliphatic rings. The molecule has 3 nitrogen and oxygen atoms in total. The lowest BCUT2D eigenvalue weighted by Gasteiger charge is -2.27. The van der Waals surface area contributed by atoms with E-state index in [2.05, 4.69) is 19.2 Å². The normalized spacial score (nSPS) is 18.5. The fourth-order valence-corrected chi connectivity index (χ4v) is 3.40. The van der Waals surface area contributed by atoms with E-state index in [0.717, 1.165) is 28.7 Å². The van der Waals surface area contributed by atoms with Gasteiger partial charge in [0.25, 0.3) is 0 Å². The first kappa shape index (κ1) is 15.5. The summed E-state index contributed by atoms with van der Waals surface area (Å²) in [6, 6.07) is 10.9. The number of hydrogen-bond donors (Lipinski definition) is 2. The summed E-state index contributed by atoms with van der Waals surface area (Å²) in [6.45, 7) is 5.85. The third-order valence-electron chi connectivity index (χ3n) is 4.65. The highest BCUT2D eigenvalue weighted by atomic mass is 19.1. The average Bonchev–Trinajstić information content (AvgIpc) is 2.71. The van der Waals surface area contributed by atoms with Crippen LogP contribution in [0.25, 0.3) is 11.1 Å². The number of rotatable bonds is 2. The molecule has 1 unspecified atom stereocenters. The summed E-state index contributed by atoms with van der Waals surface area (Å²) >= 11 is 0. The second kappa shape index (κ2) is 5.37. The summed E-state index contributed by atoms with van der Waals surface area (Å²) in [5.74, 6) is -0.214. The monoisotopic (exact) mass is 313 g/mol. The molecule has 3 rings (SSSR count). The minimum absolute atomic E-state index is 0.183. The Labute approximate surface area is 135 Å². The Morgan fingerprint density at radius 1 is 1.22 bits per heavy atom. The molecular weight excluding hydrogens is 293 g/mol. The van der Waals surface area contributed by atoms with Crippen LogP contribution in [-0.2, 0) is 6.42 Å². The highest BCUT2D eigenvalue weighted by Gasteiger charge is 2.39. The van der Waals surface area contributed by atoms with Crippen LogP contribution in [-0.4, -0.2) is 11.2 Å². The van der Waals surface area contributed by atoms with Crippen molar-refractivity contribution in [1.29, 1.82) is 0 Å². The summed E-state index contributed by atoms with van der Waals surface area (Å²) in [5, 5.41) is 11.7. The maximum atomic E-state index is 13.8. The van der Waals surface area contributed by atoms with E-state index < -0.39 is 6.09 Å². The highest BCUT2D eigenvalue weighted by molar-refractivity contribution is 5.68. The predicted molar refractivity (Wildman–Crippen MR) is 88.0 cm³/mol. The minimum atomic E-state index is -1.01. The van der Waals surface area contributed by atoms with Crippen molar-refractivity contribution >= 4 is 6.09 Å². The lowest BCUT2D eigenvalue weighted by molar-refractivity contribution is 0.175. The standard InChI is InChI=1S/C19H20FNO2/c1-11-4-5-13(9-16(11)20)12-6-7-15-14(8-12)10-19(2,3)17(15)21-18(22)23/h4-9,17,21H,10H2,1-3H3,(H,22,23). The molecule has 0 spiro atoms. The van der Waals surface area contributed by atoms with E-state index >= 15 is 0 Å². The molecule has 23 heavy (non-hydrogen) atoms. The zero-order valence-electron chi connectivity index (χ0n) is 13.5. The molecule has 120 valence electrons. The molecule has 1 amide bonds. The Kier molecular flexibility index (Phi) is 3.63. The van der Waals surface area contributed by atoms with E-state index in [-0.39, 0.29) is 17.3 Å². The second-order valence-electron chi connectivity index (χ2n) is 6.93. The molecule has 0 bridgehead atoms. The minimum Gasteiger partial charge on any atom is -0.465 e. The number of hydrogen-bond acceptors (Lipinski definition) is 1. The van der Waals surface area contributed by atoms with Crippen LogP contribution >= 0.6 is 0 Å². The maximum Gasteiger partial charge on any atom is 0.405 e. The first-order valence-corrected chi connectivity index (χ1v) is 7.67. The van der Waals surface area contributed by atoms with Crippen molar-refractivity contribution in [2.24, 2.45) is 5.41 Å². The average molecular weight is 313 g/mol. The van der Waals surface area contributed by atoms with Crippen LogP contribution in [0.15, 0.2) is 36.4 Å². The van der Waals surface area contributed by atoms with Crippen LogP contribution in [0.4, 0.5) is 9.18 Å². The largest absolute Gasteiger partial charge is 0.465 e. The van der Waals surface area contributed by atoms with E-state index in [0.29, 0.717) is 5.56 Å². The number of amides is 1. The topological polar surface area (TPSA) is 49.3 Å². The van der Waals surface area contributed by atoms with Crippen molar-refractivity contribution in [1.82, 2.24) is 5.32 Å². The van der Waals surface area contributed by atoms with Crippen molar-refractivity contribution < 1.29 is 14.3 Å². The van der Waals surface area contributed by atoms with Gasteiger partial charge in [0.05, 0.1) is 6.04 Å². The predicted octanol–water partition coefficient (Wildman–Crippen LogP) is 4.69. The summed E-state index contributed by atoms with van der Waals surface area (Å²) < 4.78 is 13.8. The van der Waals surface area contributed by atoms with Crippen molar-refractivity contribution in [2.45, 2.75) is 33.2 Å². The SMILES string of the molecule is Cc1ccc(-c2ccc3c(c2)CC(C)(C)C3NC(=O)O)cc1F. The van der Waals surface area contributed by atoms with Gasteiger partial charge in [-0.05, 0) is 52.6 Å². The summed E-state index contributed by atoms with van der Waals surface area (Å²) in [4.78, 5) is 11.1. The molecule has 4 heteroatoms. The molecule has 2 N–H and O–H groups in total. The van der Waals surface area contributed by atoms with Gasteiger partial charge in [0, 0.05) is 0 Å². The first-order chi connectivity index (χ1) is 10.8. The van der Waals surface area contributed by atoms with E-state index in [4.69, 9.17) is 5.11 Å². The highest BCUT2D eigenvalue weighted by Crippen LogP contribution is 2.46. The lowest BCUT2D eigenvalue weighted by Crippen LogP contribution is -2.34. The van der Waals surface area contributed by atoms with Gasteiger partial charge >= 0.3 is 6.09 Å². The zero-order chi connectivity index (χ0) is 16.8. The van der Waals surface area contributed by atoms with E-state index in [9.17, 15) is 9.18 Å². The number of nitrogens with one attached hydrogen (secondary N) is 1. The number of benzene rings is 2. The van der Waals surface area contributed by atoms with Gasteiger partial charge in [0.2, 0.25) is 0 Å². The molecule has 2 aromatic rings. The van der Waals surface area contributed by atoms with Gasteiger partial charge in [0.1, 0.15) is 5.82 Å². The number of carbonyl (C=O) groups is 1. The molecule has 0 aromatic heterocycles. The molecule has 0 saturated heterocycles. The number of carboxylic acid groups (broad SMARTS) is 1. The summed E-state index contributed by atoms with van der Waals surface area (Å²) in [5.41, 5.74) is 4.36.